The van der Waals surface area contributed by atoms with E-state index in [0.717, 1.165) is 30.6 Å². The van der Waals surface area contributed by atoms with Crippen LogP contribution in [0.3, 0.4) is 0 Å². The zero-order valence-electron chi connectivity index (χ0n) is 16.0. The van der Waals surface area contributed by atoms with E-state index in [4.69, 9.17) is 9.47 Å². The van der Waals surface area contributed by atoms with Crippen molar-refractivity contribution in [2.24, 2.45) is 0 Å². The minimum absolute atomic E-state index is 0.155. The third-order valence-corrected chi connectivity index (χ3v) is 4.76. The van der Waals surface area contributed by atoms with Crippen LogP contribution in [0, 0.1) is 0 Å². The summed E-state index contributed by atoms with van der Waals surface area (Å²) in [6.45, 7) is 1.42. The van der Waals surface area contributed by atoms with Crippen LogP contribution in [0.25, 0.3) is 6.08 Å². The maximum absolute atomic E-state index is 13.0. The molecular formula is C23H25NO4. The average molecular weight is 379 g/mol. The van der Waals surface area contributed by atoms with Gasteiger partial charge < -0.3 is 14.4 Å². The first-order chi connectivity index (χ1) is 13.7. The first-order valence-electron chi connectivity index (χ1n) is 9.54. The summed E-state index contributed by atoms with van der Waals surface area (Å²) >= 11 is 0. The Bertz CT molecular complexity index is 808. The van der Waals surface area contributed by atoms with E-state index in [9.17, 15) is 9.59 Å². The summed E-state index contributed by atoms with van der Waals surface area (Å²) in [5.74, 6) is 0.0446. The van der Waals surface area contributed by atoms with E-state index in [2.05, 4.69) is 0 Å². The predicted molar refractivity (Wildman–Crippen MR) is 108 cm³/mol. The van der Waals surface area contributed by atoms with Crippen molar-refractivity contribution in [1.82, 2.24) is 4.90 Å². The van der Waals surface area contributed by atoms with Gasteiger partial charge in [0.2, 0.25) is 6.10 Å². The number of piperidine rings is 1. The van der Waals surface area contributed by atoms with Gasteiger partial charge in [0.15, 0.2) is 0 Å². The molecule has 146 valence electrons. The molecule has 5 nitrogen and oxygen atoms in total. The van der Waals surface area contributed by atoms with Crippen LogP contribution in [-0.2, 0) is 14.3 Å². The standard InChI is InChI=1S/C23H25NO4/c1-27-20-13-10-18(11-14-20)12-15-21(25)28-22(19-8-4-2-5-9-19)23(26)24-16-6-3-7-17-24/h2,4-5,8-15,22H,3,6-7,16-17H2,1H3/b15-12+/t22-/m1/s1. The smallest absolute Gasteiger partial charge is 0.331 e. The fraction of sp³-hybridized carbons (Fsp3) is 0.304. The number of carbonyl (C=O) groups excluding carboxylic acids is 2. The fourth-order valence-corrected chi connectivity index (χ4v) is 3.20. The van der Waals surface area contributed by atoms with E-state index in [1.165, 1.54) is 6.08 Å². The molecule has 1 heterocycles. The van der Waals surface area contributed by atoms with Crippen molar-refractivity contribution in [3.8, 4) is 5.75 Å². The first-order valence-corrected chi connectivity index (χ1v) is 9.54. The lowest BCUT2D eigenvalue weighted by molar-refractivity contribution is -0.157. The summed E-state index contributed by atoms with van der Waals surface area (Å²) in [4.78, 5) is 27.2. The van der Waals surface area contributed by atoms with Gasteiger partial charge in [0.05, 0.1) is 7.11 Å². The summed E-state index contributed by atoms with van der Waals surface area (Å²) in [6, 6.07) is 16.5. The van der Waals surface area contributed by atoms with Crippen LogP contribution >= 0.6 is 0 Å². The number of carbonyl (C=O) groups is 2. The third-order valence-electron chi connectivity index (χ3n) is 4.76. The number of benzene rings is 2. The van der Waals surface area contributed by atoms with Gasteiger partial charge in [-0.1, -0.05) is 42.5 Å². The summed E-state index contributed by atoms with van der Waals surface area (Å²) in [5.41, 5.74) is 1.53. The third kappa shape index (κ3) is 5.22. The van der Waals surface area contributed by atoms with E-state index in [0.29, 0.717) is 18.7 Å². The minimum Gasteiger partial charge on any atom is -0.497 e. The van der Waals surface area contributed by atoms with Crippen molar-refractivity contribution in [2.75, 3.05) is 20.2 Å². The van der Waals surface area contributed by atoms with Crippen LogP contribution in [-0.4, -0.2) is 37.0 Å². The molecule has 2 aromatic rings. The second-order valence-corrected chi connectivity index (χ2v) is 6.72. The maximum atomic E-state index is 13.0. The molecule has 0 spiro atoms. The Labute approximate surface area is 165 Å². The van der Waals surface area contributed by atoms with E-state index < -0.39 is 12.1 Å². The molecule has 1 atom stereocenters. The number of hydrogen-bond acceptors (Lipinski definition) is 4. The van der Waals surface area contributed by atoms with Crippen molar-refractivity contribution in [3.05, 3.63) is 71.8 Å². The molecule has 0 unspecified atom stereocenters. The summed E-state index contributed by atoms with van der Waals surface area (Å²) < 4.78 is 10.7. The number of rotatable bonds is 6. The Kier molecular flexibility index (Phi) is 6.84. The summed E-state index contributed by atoms with van der Waals surface area (Å²) in [6.07, 6.45) is 5.19. The van der Waals surface area contributed by atoms with Crippen molar-refractivity contribution in [1.29, 1.82) is 0 Å². The second kappa shape index (κ2) is 9.74. The highest BCUT2D eigenvalue weighted by Gasteiger charge is 2.29. The van der Waals surface area contributed by atoms with Gasteiger partial charge in [-0.15, -0.1) is 0 Å². The molecule has 1 fully saturated rings. The molecule has 1 aliphatic heterocycles. The lowest BCUT2D eigenvalue weighted by atomic mass is 10.1. The highest BCUT2D eigenvalue weighted by molar-refractivity contribution is 5.91. The van der Waals surface area contributed by atoms with Gasteiger partial charge in [-0.25, -0.2) is 4.79 Å². The molecule has 0 aromatic heterocycles. The Morgan fingerprint density at radius 3 is 2.29 bits per heavy atom. The van der Waals surface area contributed by atoms with E-state index >= 15 is 0 Å². The first kappa shape index (κ1) is 19.7. The quantitative estimate of drug-likeness (QED) is 0.562. The van der Waals surface area contributed by atoms with Gasteiger partial charge in [-0.2, -0.15) is 0 Å². The second-order valence-electron chi connectivity index (χ2n) is 6.72. The lowest BCUT2D eigenvalue weighted by Crippen LogP contribution is -2.40. The Balaban J connectivity index is 1.71. The minimum atomic E-state index is -0.924. The van der Waals surface area contributed by atoms with E-state index in [1.807, 2.05) is 54.6 Å². The van der Waals surface area contributed by atoms with E-state index in [-0.39, 0.29) is 5.91 Å². The number of ether oxygens (including phenoxy) is 2. The molecule has 1 amide bonds. The van der Waals surface area contributed by atoms with E-state index in [1.54, 1.807) is 18.1 Å². The molecular weight excluding hydrogens is 354 g/mol. The molecule has 2 aromatic carbocycles. The fourth-order valence-electron chi connectivity index (χ4n) is 3.20. The van der Waals surface area contributed by atoms with Crippen molar-refractivity contribution < 1.29 is 19.1 Å². The highest BCUT2D eigenvalue weighted by atomic mass is 16.5. The molecule has 0 radical (unpaired) electrons. The van der Waals surface area contributed by atoms with Gasteiger partial charge in [-0.05, 0) is 43.0 Å². The maximum Gasteiger partial charge on any atom is 0.331 e. The summed E-state index contributed by atoms with van der Waals surface area (Å²) in [5, 5.41) is 0. The molecule has 1 aliphatic rings. The van der Waals surface area contributed by atoms with Crippen molar-refractivity contribution in [3.63, 3.8) is 0 Å². The Hall–Kier alpha value is -3.08. The Morgan fingerprint density at radius 1 is 0.964 bits per heavy atom. The van der Waals surface area contributed by atoms with Crippen molar-refractivity contribution >= 4 is 18.0 Å². The monoisotopic (exact) mass is 379 g/mol. The molecule has 1 saturated heterocycles. The van der Waals surface area contributed by atoms with Crippen LogP contribution in [0.1, 0.15) is 36.5 Å². The number of likely N-dealkylation sites (tertiary alicyclic amines) is 1. The molecule has 3 rings (SSSR count). The summed E-state index contributed by atoms with van der Waals surface area (Å²) in [7, 11) is 1.60. The van der Waals surface area contributed by atoms with Crippen LogP contribution in [0.5, 0.6) is 5.75 Å². The zero-order chi connectivity index (χ0) is 19.8. The predicted octanol–water partition coefficient (Wildman–Crippen LogP) is 4.01. The normalized spacial score (nSPS) is 15.2. The van der Waals surface area contributed by atoms with Gasteiger partial charge in [0.1, 0.15) is 5.75 Å². The number of amides is 1. The van der Waals surface area contributed by atoms with Gasteiger partial charge in [0, 0.05) is 24.7 Å². The Morgan fingerprint density at radius 2 is 1.64 bits per heavy atom. The van der Waals surface area contributed by atoms with Crippen molar-refractivity contribution in [2.45, 2.75) is 25.4 Å². The highest BCUT2D eigenvalue weighted by Crippen LogP contribution is 2.23. The van der Waals surface area contributed by atoms with Crippen LogP contribution in [0.15, 0.2) is 60.7 Å². The molecule has 28 heavy (non-hydrogen) atoms. The van der Waals surface area contributed by atoms with Gasteiger partial charge >= 0.3 is 5.97 Å². The number of nitrogens with zero attached hydrogens (tertiary/aromatic N) is 1. The number of methoxy groups -OCH3 is 1. The topological polar surface area (TPSA) is 55.8 Å². The van der Waals surface area contributed by atoms with Crippen LogP contribution < -0.4 is 4.74 Å². The SMILES string of the molecule is COc1ccc(/C=C/C(=O)O[C@@H](C(=O)N2CCCCC2)c2ccccc2)cc1. The van der Waals surface area contributed by atoms with Crippen LogP contribution in [0.4, 0.5) is 0 Å². The molecule has 5 heteroatoms. The molecule has 0 aliphatic carbocycles. The molecule has 0 saturated carbocycles. The molecule has 0 N–H and O–H groups in total. The largest absolute Gasteiger partial charge is 0.497 e. The number of hydrogen-bond donors (Lipinski definition) is 0. The number of esters is 1. The lowest BCUT2D eigenvalue weighted by Gasteiger charge is -2.30. The zero-order valence-corrected chi connectivity index (χ0v) is 16.0. The van der Waals surface area contributed by atoms with Gasteiger partial charge in [0.25, 0.3) is 5.91 Å². The van der Waals surface area contributed by atoms with Crippen LogP contribution in [0.2, 0.25) is 0 Å². The van der Waals surface area contributed by atoms with Gasteiger partial charge in [-0.3, -0.25) is 4.79 Å². The molecule has 0 bridgehead atoms. The average Bonchev–Trinajstić information content (AvgIpc) is 2.77.